The van der Waals surface area contributed by atoms with E-state index in [0.717, 1.165) is 22.5 Å². The zero-order valence-corrected chi connectivity index (χ0v) is 18.3. The Morgan fingerprint density at radius 3 is 2.24 bits per heavy atom. The van der Waals surface area contributed by atoms with Crippen LogP contribution in [-0.4, -0.2) is 7.05 Å². The highest BCUT2D eigenvalue weighted by Crippen LogP contribution is 2.35. The molecule has 1 aliphatic heterocycles. The Morgan fingerprint density at radius 2 is 1.61 bits per heavy atom. The van der Waals surface area contributed by atoms with Gasteiger partial charge >= 0.3 is 0 Å². The third-order valence-corrected chi connectivity index (χ3v) is 5.56. The van der Waals surface area contributed by atoms with Gasteiger partial charge in [-0.25, -0.2) is 10.1 Å². The molecule has 3 aromatic carbocycles. The largest absolute Gasteiger partial charge is 0.485 e. The fraction of sp³-hybridized carbons (Fsp3) is 0.103. The molecule has 0 radical (unpaired) electrons. The van der Waals surface area contributed by atoms with Gasteiger partial charge in [0.2, 0.25) is 0 Å². The van der Waals surface area contributed by atoms with E-state index < -0.39 is 0 Å². The number of para-hydroxylation sites is 1. The summed E-state index contributed by atoms with van der Waals surface area (Å²) in [5.74, 6) is 0.631. The molecule has 4 rings (SSSR count). The highest BCUT2D eigenvalue weighted by molar-refractivity contribution is 5.65. The van der Waals surface area contributed by atoms with E-state index >= 15 is 0 Å². The minimum atomic E-state index is -0.238. The lowest BCUT2D eigenvalue weighted by atomic mass is 9.97. The van der Waals surface area contributed by atoms with Crippen LogP contribution in [0.4, 0.5) is 11.4 Å². The highest BCUT2D eigenvalue weighted by atomic mass is 16.5. The molecule has 1 unspecified atom stereocenters. The quantitative estimate of drug-likeness (QED) is 0.318. The van der Waals surface area contributed by atoms with Crippen molar-refractivity contribution in [2.45, 2.75) is 12.5 Å². The summed E-state index contributed by atoms with van der Waals surface area (Å²) in [7, 11) is 2.04. The van der Waals surface area contributed by atoms with Gasteiger partial charge in [-0.1, -0.05) is 66.7 Å². The summed E-state index contributed by atoms with van der Waals surface area (Å²) in [4.78, 5) is 5.54. The number of ether oxygens (including phenoxy) is 1. The molecule has 1 heterocycles. The van der Waals surface area contributed by atoms with Gasteiger partial charge in [-0.3, -0.25) is 0 Å². The third kappa shape index (κ3) is 5.21. The van der Waals surface area contributed by atoms with Crippen LogP contribution in [0.3, 0.4) is 0 Å². The molecular formula is C29H23N3O. The van der Waals surface area contributed by atoms with E-state index in [4.69, 9.17) is 11.3 Å². The second-order valence-electron chi connectivity index (χ2n) is 7.68. The van der Waals surface area contributed by atoms with E-state index in [-0.39, 0.29) is 11.8 Å². The Hall–Kier alpha value is -4.54. The predicted molar refractivity (Wildman–Crippen MR) is 132 cm³/mol. The van der Waals surface area contributed by atoms with Crippen LogP contribution < -0.4 is 4.90 Å². The number of allylic oxidation sites excluding steroid dienone is 3. The van der Waals surface area contributed by atoms with Gasteiger partial charge in [0.15, 0.2) is 0 Å². The molecule has 0 N–H and O–H groups in total. The van der Waals surface area contributed by atoms with Crippen LogP contribution >= 0.6 is 0 Å². The van der Waals surface area contributed by atoms with Crippen LogP contribution in [0, 0.1) is 17.9 Å². The van der Waals surface area contributed by atoms with E-state index in [9.17, 15) is 5.26 Å². The van der Waals surface area contributed by atoms with Crippen LogP contribution in [-0.2, 0) is 4.74 Å². The van der Waals surface area contributed by atoms with Crippen molar-refractivity contribution in [1.82, 2.24) is 0 Å². The third-order valence-electron chi connectivity index (χ3n) is 5.56. The Balaban J connectivity index is 1.56. The topological polar surface area (TPSA) is 40.6 Å². The van der Waals surface area contributed by atoms with Crippen molar-refractivity contribution in [2.75, 3.05) is 11.9 Å². The lowest BCUT2D eigenvalue weighted by molar-refractivity contribution is 0.118. The molecule has 0 bridgehead atoms. The SMILES string of the molecule is [C-]#[N+]/C(C#N)=C1C=C(/C=C/c2ccc(N(C)c3ccccc3)cc2)OC(c2ccccc2)C/1. The second kappa shape index (κ2) is 10.2. The normalized spacial score (nSPS) is 16.8. The van der Waals surface area contributed by atoms with Gasteiger partial charge in [0, 0.05) is 24.8 Å². The predicted octanol–water partition coefficient (Wildman–Crippen LogP) is 7.21. The van der Waals surface area contributed by atoms with Gasteiger partial charge in [0.05, 0.1) is 12.6 Å². The van der Waals surface area contributed by atoms with Crippen LogP contribution in [0.1, 0.15) is 23.7 Å². The van der Waals surface area contributed by atoms with Gasteiger partial charge in [0.25, 0.3) is 5.70 Å². The summed E-state index contributed by atoms with van der Waals surface area (Å²) in [6, 6.07) is 30.4. The summed E-state index contributed by atoms with van der Waals surface area (Å²) in [5.41, 5.74) is 5.08. The lowest BCUT2D eigenvalue weighted by Crippen LogP contribution is -2.10. The molecular weight excluding hydrogens is 406 g/mol. The summed E-state index contributed by atoms with van der Waals surface area (Å²) in [5, 5.41) is 9.37. The first-order valence-corrected chi connectivity index (χ1v) is 10.7. The summed E-state index contributed by atoms with van der Waals surface area (Å²) < 4.78 is 6.20. The van der Waals surface area contributed by atoms with Crippen molar-refractivity contribution in [3.8, 4) is 6.07 Å². The van der Waals surface area contributed by atoms with Crippen molar-refractivity contribution in [3.63, 3.8) is 0 Å². The Morgan fingerprint density at radius 1 is 0.970 bits per heavy atom. The van der Waals surface area contributed by atoms with Crippen LogP contribution in [0.5, 0.6) is 0 Å². The van der Waals surface area contributed by atoms with Gasteiger partial charge in [0.1, 0.15) is 11.9 Å². The van der Waals surface area contributed by atoms with E-state index in [0.29, 0.717) is 17.8 Å². The van der Waals surface area contributed by atoms with Crippen LogP contribution in [0.25, 0.3) is 10.9 Å². The molecule has 0 fully saturated rings. The molecule has 4 heteroatoms. The molecule has 0 saturated heterocycles. The maximum atomic E-state index is 9.37. The van der Waals surface area contributed by atoms with E-state index in [1.807, 2.05) is 73.8 Å². The minimum absolute atomic E-state index is 0.110. The molecule has 1 atom stereocenters. The number of hydrogen-bond acceptors (Lipinski definition) is 3. The Kier molecular flexibility index (Phi) is 6.69. The van der Waals surface area contributed by atoms with Crippen molar-refractivity contribution in [2.24, 2.45) is 0 Å². The molecule has 160 valence electrons. The van der Waals surface area contributed by atoms with Crippen molar-refractivity contribution < 1.29 is 4.74 Å². The minimum Gasteiger partial charge on any atom is -0.485 e. The highest BCUT2D eigenvalue weighted by Gasteiger charge is 2.22. The molecule has 0 aliphatic carbocycles. The zero-order valence-electron chi connectivity index (χ0n) is 18.3. The van der Waals surface area contributed by atoms with E-state index in [1.54, 1.807) is 6.08 Å². The van der Waals surface area contributed by atoms with Gasteiger partial charge in [-0.2, -0.15) is 0 Å². The number of hydrogen-bond donors (Lipinski definition) is 0. The van der Waals surface area contributed by atoms with Crippen LogP contribution in [0.15, 0.2) is 114 Å². The number of anilines is 2. The van der Waals surface area contributed by atoms with Gasteiger partial charge < -0.3 is 9.64 Å². The molecule has 4 nitrogen and oxygen atoms in total. The first-order valence-electron chi connectivity index (χ1n) is 10.7. The average molecular weight is 430 g/mol. The molecule has 33 heavy (non-hydrogen) atoms. The lowest BCUT2D eigenvalue weighted by Gasteiger charge is -2.25. The fourth-order valence-electron chi connectivity index (χ4n) is 3.73. The first-order chi connectivity index (χ1) is 16.2. The smallest absolute Gasteiger partial charge is 0.265 e. The number of nitriles is 1. The number of rotatable bonds is 5. The summed E-state index contributed by atoms with van der Waals surface area (Å²) in [6.07, 6.45) is 5.92. The molecule has 0 saturated carbocycles. The molecule has 3 aromatic rings. The maximum Gasteiger partial charge on any atom is 0.265 e. The van der Waals surface area contributed by atoms with Crippen molar-refractivity contribution in [1.29, 1.82) is 5.26 Å². The van der Waals surface area contributed by atoms with Gasteiger partial charge in [-0.15, -0.1) is 0 Å². The van der Waals surface area contributed by atoms with Gasteiger partial charge in [-0.05, 0) is 53.1 Å². The number of nitrogens with zero attached hydrogens (tertiary/aromatic N) is 3. The molecule has 0 aromatic heterocycles. The fourth-order valence-corrected chi connectivity index (χ4v) is 3.73. The maximum absolute atomic E-state index is 9.37. The summed E-state index contributed by atoms with van der Waals surface area (Å²) in [6.45, 7) is 7.34. The molecule has 1 aliphatic rings. The average Bonchev–Trinajstić information content (AvgIpc) is 2.89. The van der Waals surface area contributed by atoms with Crippen molar-refractivity contribution in [3.05, 3.63) is 137 Å². The van der Waals surface area contributed by atoms with E-state index in [2.05, 4.69) is 46.1 Å². The first kappa shape index (κ1) is 21.7. The van der Waals surface area contributed by atoms with Crippen LogP contribution in [0.2, 0.25) is 0 Å². The standard InChI is InChI=1S/C29H23N3O/c1-31-28(21-30)24-19-27(33-29(20-24)23-9-5-3-6-10-23)18-15-22-13-16-26(17-14-22)32(2)25-11-7-4-8-12-25/h3-19,29H,20H2,2H3/b18-15+,28-24-. The monoisotopic (exact) mass is 429 g/mol. The Labute approximate surface area is 194 Å². The summed E-state index contributed by atoms with van der Waals surface area (Å²) >= 11 is 0. The molecule has 0 amide bonds. The zero-order chi connectivity index (χ0) is 23.0. The Bertz CT molecular complexity index is 1260. The molecule has 0 spiro atoms. The second-order valence-corrected chi connectivity index (χ2v) is 7.68. The van der Waals surface area contributed by atoms with E-state index in [1.165, 1.54) is 0 Å². The number of benzene rings is 3. The van der Waals surface area contributed by atoms with Crippen molar-refractivity contribution >= 4 is 17.5 Å².